The highest BCUT2D eigenvalue weighted by Gasteiger charge is 2.20. The molecule has 1 aliphatic heterocycles. The van der Waals surface area contributed by atoms with Crippen molar-refractivity contribution in [2.24, 2.45) is 5.73 Å². The van der Waals surface area contributed by atoms with E-state index in [0.29, 0.717) is 39.5 Å². The molecule has 5 heteroatoms. The van der Waals surface area contributed by atoms with E-state index in [4.69, 9.17) is 15.2 Å². The van der Waals surface area contributed by atoms with Crippen LogP contribution in [0.15, 0.2) is 0 Å². The van der Waals surface area contributed by atoms with E-state index in [2.05, 4.69) is 0 Å². The largest absolute Gasteiger partial charge is 0.448 e. The zero-order valence-electron chi connectivity index (χ0n) is 6.99. The monoisotopic (exact) mass is 174 g/mol. The van der Waals surface area contributed by atoms with Gasteiger partial charge in [0.1, 0.15) is 6.61 Å². The molecule has 0 saturated carbocycles. The highest BCUT2D eigenvalue weighted by Crippen LogP contribution is 2.01. The molecule has 0 aromatic carbocycles. The quantitative estimate of drug-likeness (QED) is 0.566. The fraction of sp³-hybridized carbons (Fsp3) is 0.857. The Morgan fingerprint density at radius 2 is 2.42 bits per heavy atom. The van der Waals surface area contributed by atoms with Crippen molar-refractivity contribution in [2.75, 3.05) is 39.5 Å². The number of nitrogens with two attached hydrogens (primary N) is 1. The SMILES string of the molecule is NCCOCCN1CCOC1=O. The Bertz CT molecular complexity index is 152. The van der Waals surface area contributed by atoms with Crippen molar-refractivity contribution in [3.63, 3.8) is 0 Å². The van der Waals surface area contributed by atoms with Crippen LogP contribution < -0.4 is 5.73 Å². The minimum atomic E-state index is -0.244. The summed E-state index contributed by atoms with van der Waals surface area (Å²) < 4.78 is 9.85. The van der Waals surface area contributed by atoms with E-state index < -0.39 is 0 Å². The summed E-state index contributed by atoms with van der Waals surface area (Å²) in [4.78, 5) is 12.5. The summed E-state index contributed by atoms with van der Waals surface area (Å²) in [5, 5.41) is 0. The first-order chi connectivity index (χ1) is 5.84. The van der Waals surface area contributed by atoms with Gasteiger partial charge in [-0.1, -0.05) is 0 Å². The van der Waals surface area contributed by atoms with E-state index in [9.17, 15) is 4.79 Å². The Kier molecular flexibility index (Phi) is 3.83. The molecule has 0 aromatic heterocycles. The van der Waals surface area contributed by atoms with Crippen molar-refractivity contribution in [1.82, 2.24) is 4.90 Å². The number of rotatable bonds is 5. The van der Waals surface area contributed by atoms with Gasteiger partial charge in [0, 0.05) is 13.1 Å². The van der Waals surface area contributed by atoms with E-state index >= 15 is 0 Å². The molecule has 0 unspecified atom stereocenters. The normalized spacial score (nSPS) is 16.8. The van der Waals surface area contributed by atoms with Gasteiger partial charge in [0.05, 0.1) is 19.8 Å². The van der Waals surface area contributed by atoms with Crippen molar-refractivity contribution in [1.29, 1.82) is 0 Å². The van der Waals surface area contributed by atoms with Crippen LogP contribution in [0.2, 0.25) is 0 Å². The fourth-order valence-electron chi connectivity index (χ4n) is 0.989. The predicted octanol–water partition coefficient (Wildman–Crippen LogP) is -0.586. The van der Waals surface area contributed by atoms with E-state index in [0.717, 1.165) is 0 Å². The van der Waals surface area contributed by atoms with Crippen molar-refractivity contribution in [3.05, 3.63) is 0 Å². The minimum Gasteiger partial charge on any atom is -0.448 e. The second kappa shape index (κ2) is 4.95. The number of cyclic esters (lactones) is 1. The zero-order chi connectivity index (χ0) is 8.81. The third-order valence-electron chi connectivity index (χ3n) is 1.61. The standard InChI is InChI=1S/C7H14N2O3/c8-1-4-11-5-2-9-3-6-12-7(9)10/h1-6,8H2. The first kappa shape index (κ1) is 9.28. The lowest BCUT2D eigenvalue weighted by atomic mass is 10.5. The molecule has 0 aromatic rings. The van der Waals surface area contributed by atoms with E-state index in [-0.39, 0.29) is 6.09 Å². The summed E-state index contributed by atoms with van der Waals surface area (Å²) in [5.41, 5.74) is 5.22. The number of nitrogens with zero attached hydrogens (tertiary/aromatic N) is 1. The number of amides is 1. The molecular weight excluding hydrogens is 160 g/mol. The lowest BCUT2D eigenvalue weighted by molar-refractivity contribution is 0.114. The summed E-state index contributed by atoms with van der Waals surface area (Å²) in [5.74, 6) is 0. The molecule has 0 aliphatic carbocycles. The molecule has 12 heavy (non-hydrogen) atoms. The molecule has 1 saturated heterocycles. The number of ether oxygens (including phenoxy) is 2. The molecule has 1 heterocycles. The van der Waals surface area contributed by atoms with Gasteiger partial charge in [-0.05, 0) is 0 Å². The van der Waals surface area contributed by atoms with Crippen LogP contribution in [0.25, 0.3) is 0 Å². The summed E-state index contributed by atoms with van der Waals surface area (Å²) in [6.07, 6.45) is -0.244. The van der Waals surface area contributed by atoms with Crippen LogP contribution in [0.5, 0.6) is 0 Å². The van der Waals surface area contributed by atoms with Gasteiger partial charge in [-0.15, -0.1) is 0 Å². The fourth-order valence-corrected chi connectivity index (χ4v) is 0.989. The van der Waals surface area contributed by atoms with Crippen LogP contribution >= 0.6 is 0 Å². The third kappa shape index (κ3) is 2.67. The first-order valence-corrected chi connectivity index (χ1v) is 4.04. The second-order valence-corrected chi connectivity index (χ2v) is 2.50. The van der Waals surface area contributed by atoms with Gasteiger partial charge in [-0.25, -0.2) is 4.79 Å². The molecular formula is C7H14N2O3. The van der Waals surface area contributed by atoms with Gasteiger partial charge in [-0.2, -0.15) is 0 Å². The Hall–Kier alpha value is -0.810. The van der Waals surface area contributed by atoms with Crippen LogP contribution in [-0.4, -0.2) is 50.4 Å². The molecule has 0 spiro atoms. The second-order valence-electron chi connectivity index (χ2n) is 2.50. The molecule has 70 valence electrons. The smallest absolute Gasteiger partial charge is 0.410 e. The maximum atomic E-state index is 10.9. The van der Waals surface area contributed by atoms with Crippen LogP contribution in [0, 0.1) is 0 Å². The molecule has 5 nitrogen and oxygen atoms in total. The van der Waals surface area contributed by atoms with Crippen LogP contribution in [0.1, 0.15) is 0 Å². The first-order valence-electron chi connectivity index (χ1n) is 4.04. The minimum absolute atomic E-state index is 0.244. The maximum Gasteiger partial charge on any atom is 0.410 e. The Morgan fingerprint density at radius 1 is 1.58 bits per heavy atom. The maximum absolute atomic E-state index is 10.9. The third-order valence-corrected chi connectivity index (χ3v) is 1.61. The average Bonchev–Trinajstić information content (AvgIpc) is 2.46. The van der Waals surface area contributed by atoms with Gasteiger partial charge < -0.3 is 20.1 Å². The van der Waals surface area contributed by atoms with E-state index in [1.165, 1.54) is 0 Å². The highest BCUT2D eigenvalue weighted by atomic mass is 16.6. The Balaban J connectivity index is 2.02. The highest BCUT2D eigenvalue weighted by molar-refractivity contribution is 5.69. The molecule has 2 N–H and O–H groups in total. The molecule has 0 atom stereocenters. The summed E-state index contributed by atoms with van der Waals surface area (Å²) in [6, 6.07) is 0. The van der Waals surface area contributed by atoms with Crippen molar-refractivity contribution in [2.45, 2.75) is 0 Å². The number of carbonyl (C=O) groups excluding carboxylic acids is 1. The topological polar surface area (TPSA) is 64.8 Å². The average molecular weight is 174 g/mol. The lowest BCUT2D eigenvalue weighted by Gasteiger charge is -2.11. The Labute approximate surface area is 71.4 Å². The summed E-state index contributed by atoms with van der Waals surface area (Å²) in [7, 11) is 0. The zero-order valence-corrected chi connectivity index (χ0v) is 6.99. The molecule has 0 bridgehead atoms. The lowest BCUT2D eigenvalue weighted by Crippen LogP contribution is -2.28. The van der Waals surface area contributed by atoms with Crippen LogP contribution in [0.4, 0.5) is 4.79 Å². The van der Waals surface area contributed by atoms with E-state index in [1.807, 2.05) is 0 Å². The van der Waals surface area contributed by atoms with Crippen molar-refractivity contribution >= 4 is 6.09 Å². The predicted molar refractivity (Wildman–Crippen MR) is 42.8 cm³/mol. The molecule has 1 aliphatic rings. The van der Waals surface area contributed by atoms with Gasteiger partial charge in [0.25, 0.3) is 0 Å². The molecule has 0 radical (unpaired) electrons. The van der Waals surface area contributed by atoms with Crippen LogP contribution in [-0.2, 0) is 9.47 Å². The van der Waals surface area contributed by atoms with Gasteiger partial charge in [-0.3, -0.25) is 0 Å². The van der Waals surface area contributed by atoms with Crippen molar-refractivity contribution in [3.8, 4) is 0 Å². The van der Waals surface area contributed by atoms with Crippen molar-refractivity contribution < 1.29 is 14.3 Å². The summed E-state index contributed by atoms with van der Waals surface area (Å²) >= 11 is 0. The van der Waals surface area contributed by atoms with E-state index in [1.54, 1.807) is 4.90 Å². The summed E-state index contributed by atoms with van der Waals surface area (Å²) in [6.45, 7) is 3.36. The number of hydrogen-bond acceptors (Lipinski definition) is 4. The van der Waals surface area contributed by atoms with Gasteiger partial charge in [0.2, 0.25) is 0 Å². The Morgan fingerprint density at radius 3 is 3.00 bits per heavy atom. The van der Waals surface area contributed by atoms with Gasteiger partial charge in [0.15, 0.2) is 0 Å². The molecule has 1 rings (SSSR count). The molecule has 1 amide bonds. The van der Waals surface area contributed by atoms with Gasteiger partial charge >= 0.3 is 6.09 Å². The molecule has 1 fully saturated rings. The number of hydrogen-bond donors (Lipinski definition) is 1. The number of carbonyl (C=O) groups is 1. The van der Waals surface area contributed by atoms with Crippen LogP contribution in [0.3, 0.4) is 0 Å².